The third kappa shape index (κ3) is 7.77. The summed E-state index contributed by atoms with van der Waals surface area (Å²) < 4.78 is 5.27. The summed E-state index contributed by atoms with van der Waals surface area (Å²) >= 11 is 0. The smallest absolute Gasteiger partial charge is 0.0564 e. The Balaban J connectivity index is 0.000000921. The van der Waals surface area contributed by atoms with Crippen LogP contribution in [0.5, 0.6) is 0 Å². The lowest BCUT2D eigenvalue weighted by Gasteiger charge is -2.29. The predicted molar refractivity (Wildman–Crippen MR) is 64.1 cm³/mol. The standard InChI is InChI=1S/C10H21NO2.C2H6/c1-2-13-9-3-6-11-7-4-10(12)5-8-11;1-2/h10,12H,2-9H2,1H3;1-2H3. The fourth-order valence-corrected chi connectivity index (χ4v) is 1.68. The number of hydrogen-bond acceptors (Lipinski definition) is 3. The van der Waals surface area contributed by atoms with Crippen molar-refractivity contribution < 1.29 is 9.84 Å². The van der Waals surface area contributed by atoms with Gasteiger partial charge >= 0.3 is 0 Å². The van der Waals surface area contributed by atoms with Crippen molar-refractivity contribution >= 4 is 0 Å². The predicted octanol–water partition coefficient (Wildman–Crippen LogP) is 1.90. The van der Waals surface area contributed by atoms with Crippen LogP contribution in [-0.4, -0.2) is 49.0 Å². The molecular weight excluding hydrogens is 190 g/mol. The third-order valence-electron chi connectivity index (χ3n) is 2.52. The first-order chi connectivity index (χ1) is 7.33. The number of piperidine rings is 1. The van der Waals surface area contributed by atoms with Gasteiger partial charge in [0.2, 0.25) is 0 Å². The number of aliphatic hydroxyl groups excluding tert-OH is 1. The minimum atomic E-state index is -0.0526. The summed E-state index contributed by atoms with van der Waals surface area (Å²) in [6.45, 7) is 10.9. The fraction of sp³-hybridized carbons (Fsp3) is 1.00. The molecule has 92 valence electrons. The van der Waals surface area contributed by atoms with E-state index in [1.165, 1.54) is 0 Å². The molecule has 0 aromatic heterocycles. The quantitative estimate of drug-likeness (QED) is 0.714. The van der Waals surface area contributed by atoms with E-state index in [-0.39, 0.29) is 6.10 Å². The van der Waals surface area contributed by atoms with Crippen LogP contribution in [0.3, 0.4) is 0 Å². The van der Waals surface area contributed by atoms with E-state index in [4.69, 9.17) is 4.74 Å². The van der Waals surface area contributed by atoms with E-state index in [2.05, 4.69) is 4.90 Å². The molecule has 1 N–H and O–H groups in total. The van der Waals surface area contributed by atoms with Crippen molar-refractivity contribution in [2.75, 3.05) is 32.8 Å². The summed E-state index contributed by atoms with van der Waals surface area (Å²) in [4.78, 5) is 2.41. The maximum atomic E-state index is 9.29. The van der Waals surface area contributed by atoms with Crippen LogP contribution in [0, 0.1) is 0 Å². The van der Waals surface area contributed by atoms with Gasteiger partial charge < -0.3 is 14.7 Å². The first kappa shape index (κ1) is 14.9. The molecule has 3 heteroatoms. The Hall–Kier alpha value is -0.120. The first-order valence-corrected chi connectivity index (χ1v) is 6.31. The summed E-state index contributed by atoms with van der Waals surface area (Å²) in [5.74, 6) is 0. The van der Waals surface area contributed by atoms with Gasteiger partial charge in [-0.25, -0.2) is 0 Å². The molecule has 0 bridgehead atoms. The minimum absolute atomic E-state index is 0.0526. The Kier molecular flexibility index (Phi) is 10.3. The van der Waals surface area contributed by atoms with Crippen LogP contribution in [-0.2, 0) is 4.74 Å². The normalized spacial score (nSPS) is 18.4. The highest BCUT2D eigenvalue weighted by Gasteiger charge is 2.15. The fourth-order valence-electron chi connectivity index (χ4n) is 1.68. The lowest BCUT2D eigenvalue weighted by Crippen LogP contribution is -2.36. The van der Waals surface area contributed by atoms with Crippen LogP contribution < -0.4 is 0 Å². The van der Waals surface area contributed by atoms with Crippen molar-refractivity contribution in [2.24, 2.45) is 0 Å². The molecule has 0 aliphatic carbocycles. The third-order valence-corrected chi connectivity index (χ3v) is 2.52. The SMILES string of the molecule is CC.CCOCCCN1CCC(O)CC1. The van der Waals surface area contributed by atoms with Gasteiger partial charge in [0.15, 0.2) is 0 Å². The molecule has 0 unspecified atom stereocenters. The van der Waals surface area contributed by atoms with E-state index in [0.717, 1.165) is 52.1 Å². The zero-order valence-electron chi connectivity index (χ0n) is 10.5. The summed E-state index contributed by atoms with van der Waals surface area (Å²) in [7, 11) is 0. The Morgan fingerprint density at radius 3 is 2.40 bits per heavy atom. The number of likely N-dealkylation sites (tertiary alicyclic amines) is 1. The van der Waals surface area contributed by atoms with Crippen molar-refractivity contribution in [1.82, 2.24) is 4.90 Å². The molecule has 1 heterocycles. The molecule has 1 fully saturated rings. The molecule has 1 aliphatic rings. The van der Waals surface area contributed by atoms with Crippen LogP contribution in [0.4, 0.5) is 0 Å². The van der Waals surface area contributed by atoms with Crippen LogP contribution in [0.2, 0.25) is 0 Å². The van der Waals surface area contributed by atoms with E-state index in [1.54, 1.807) is 0 Å². The molecule has 15 heavy (non-hydrogen) atoms. The van der Waals surface area contributed by atoms with Crippen LogP contribution >= 0.6 is 0 Å². The van der Waals surface area contributed by atoms with Gasteiger partial charge in [-0.15, -0.1) is 0 Å². The van der Waals surface area contributed by atoms with Gasteiger partial charge in [-0.2, -0.15) is 0 Å². The lowest BCUT2D eigenvalue weighted by molar-refractivity contribution is 0.0737. The van der Waals surface area contributed by atoms with Crippen LogP contribution in [0.1, 0.15) is 40.0 Å². The zero-order valence-corrected chi connectivity index (χ0v) is 10.5. The van der Waals surface area contributed by atoms with Gasteiger partial charge in [0.1, 0.15) is 0 Å². The average Bonchev–Trinajstić information content (AvgIpc) is 2.30. The van der Waals surface area contributed by atoms with Gasteiger partial charge in [-0.1, -0.05) is 13.8 Å². The van der Waals surface area contributed by atoms with Crippen molar-refractivity contribution in [3.63, 3.8) is 0 Å². The van der Waals surface area contributed by atoms with Crippen molar-refractivity contribution in [2.45, 2.75) is 46.1 Å². The van der Waals surface area contributed by atoms with Crippen LogP contribution in [0.25, 0.3) is 0 Å². The summed E-state index contributed by atoms with van der Waals surface area (Å²) in [6, 6.07) is 0. The molecule has 0 atom stereocenters. The number of nitrogens with zero attached hydrogens (tertiary/aromatic N) is 1. The Morgan fingerprint density at radius 2 is 1.87 bits per heavy atom. The lowest BCUT2D eigenvalue weighted by atomic mass is 10.1. The van der Waals surface area contributed by atoms with Gasteiger partial charge in [-0.05, 0) is 26.2 Å². The first-order valence-electron chi connectivity index (χ1n) is 6.31. The summed E-state index contributed by atoms with van der Waals surface area (Å²) in [6.07, 6.45) is 2.94. The summed E-state index contributed by atoms with van der Waals surface area (Å²) in [5.41, 5.74) is 0. The van der Waals surface area contributed by atoms with Gasteiger partial charge in [-0.3, -0.25) is 0 Å². The van der Waals surface area contributed by atoms with E-state index >= 15 is 0 Å². The number of rotatable bonds is 5. The number of hydrogen-bond donors (Lipinski definition) is 1. The monoisotopic (exact) mass is 217 g/mol. The largest absolute Gasteiger partial charge is 0.393 e. The molecule has 0 radical (unpaired) electrons. The van der Waals surface area contributed by atoms with Gasteiger partial charge in [0, 0.05) is 32.8 Å². The molecule has 0 spiro atoms. The van der Waals surface area contributed by atoms with E-state index in [1.807, 2.05) is 20.8 Å². The van der Waals surface area contributed by atoms with Gasteiger partial charge in [0.05, 0.1) is 6.10 Å². The molecule has 0 aromatic carbocycles. The number of ether oxygens (including phenoxy) is 1. The number of aliphatic hydroxyl groups is 1. The highest BCUT2D eigenvalue weighted by atomic mass is 16.5. The second kappa shape index (κ2) is 10.4. The zero-order chi connectivity index (χ0) is 11.5. The van der Waals surface area contributed by atoms with E-state index < -0.39 is 0 Å². The van der Waals surface area contributed by atoms with E-state index in [9.17, 15) is 5.11 Å². The second-order valence-electron chi connectivity index (χ2n) is 3.62. The second-order valence-corrected chi connectivity index (χ2v) is 3.62. The van der Waals surface area contributed by atoms with Crippen molar-refractivity contribution in [3.05, 3.63) is 0 Å². The Bertz CT molecular complexity index is 123. The Labute approximate surface area is 94.4 Å². The van der Waals surface area contributed by atoms with E-state index in [0.29, 0.717) is 0 Å². The molecular formula is C12H27NO2. The molecule has 1 saturated heterocycles. The molecule has 1 aliphatic heterocycles. The maximum Gasteiger partial charge on any atom is 0.0564 e. The molecule has 0 amide bonds. The highest BCUT2D eigenvalue weighted by molar-refractivity contribution is 4.70. The molecule has 0 aromatic rings. The molecule has 1 rings (SSSR count). The minimum Gasteiger partial charge on any atom is -0.393 e. The van der Waals surface area contributed by atoms with Crippen LogP contribution in [0.15, 0.2) is 0 Å². The van der Waals surface area contributed by atoms with Gasteiger partial charge in [0.25, 0.3) is 0 Å². The molecule has 3 nitrogen and oxygen atoms in total. The topological polar surface area (TPSA) is 32.7 Å². The maximum absolute atomic E-state index is 9.29. The summed E-state index contributed by atoms with van der Waals surface area (Å²) in [5, 5.41) is 9.29. The highest BCUT2D eigenvalue weighted by Crippen LogP contribution is 2.09. The average molecular weight is 217 g/mol. The molecule has 0 saturated carbocycles. The van der Waals surface area contributed by atoms with Crippen molar-refractivity contribution in [1.29, 1.82) is 0 Å². The van der Waals surface area contributed by atoms with Crippen molar-refractivity contribution in [3.8, 4) is 0 Å². The Morgan fingerprint density at radius 1 is 1.27 bits per heavy atom.